The van der Waals surface area contributed by atoms with Gasteiger partial charge in [0.25, 0.3) is 0 Å². The lowest BCUT2D eigenvalue weighted by molar-refractivity contribution is 0.162. The SMILES string of the molecule is C=CCC.CC#CC[CH]C1CC(C)CCC1C(C)C.[CH2]C1CCC(C(C)(C)C)CC1. The zero-order valence-electron chi connectivity index (χ0n) is 21.9. The van der Waals surface area contributed by atoms with Crippen molar-refractivity contribution in [3.05, 3.63) is 26.0 Å². The van der Waals surface area contributed by atoms with Gasteiger partial charge in [-0.1, -0.05) is 80.7 Å². The Bertz CT molecular complexity index is 472. The molecule has 0 heteroatoms. The predicted octanol–water partition coefficient (Wildman–Crippen LogP) is 9.57. The summed E-state index contributed by atoms with van der Waals surface area (Å²) in [4.78, 5) is 0. The molecule has 3 atom stereocenters. The first-order valence-corrected chi connectivity index (χ1v) is 12.7. The summed E-state index contributed by atoms with van der Waals surface area (Å²) < 4.78 is 0. The van der Waals surface area contributed by atoms with Crippen LogP contribution in [-0.4, -0.2) is 0 Å². The standard InChI is InChI=1S/C15H25.C11H21.C4H8/c1-5-6-7-8-14-11-13(4)9-10-15(14)12(2)3;1-9-5-7-10(8-6-9)11(2,3)4;1-3-4-2/h8,12-15H,7,9-11H2,1-4H3;9-10H,1,5-8H2,2-4H3;3H,1,4H2,2H3. The van der Waals surface area contributed by atoms with E-state index in [0.717, 1.165) is 48.3 Å². The minimum atomic E-state index is 0.528. The van der Waals surface area contributed by atoms with Gasteiger partial charge in [-0.3, -0.25) is 0 Å². The Hall–Kier alpha value is -0.700. The third kappa shape index (κ3) is 12.9. The van der Waals surface area contributed by atoms with Gasteiger partial charge in [-0.25, -0.2) is 0 Å². The van der Waals surface area contributed by atoms with Gasteiger partial charge >= 0.3 is 0 Å². The van der Waals surface area contributed by atoms with Crippen LogP contribution in [0.3, 0.4) is 0 Å². The van der Waals surface area contributed by atoms with Gasteiger partial charge in [0.1, 0.15) is 0 Å². The second kappa shape index (κ2) is 16.0. The second-order valence-electron chi connectivity index (χ2n) is 11.1. The van der Waals surface area contributed by atoms with E-state index in [1.54, 1.807) is 0 Å². The molecule has 2 aliphatic carbocycles. The Balaban J connectivity index is 0.000000491. The fourth-order valence-electron chi connectivity index (χ4n) is 4.89. The van der Waals surface area contributed by atoms with Crippen LogP contribution in [0.2, 0.25) is 0 Å². The van der Waals surface area contributed by atoms with Crippen molar-refractivity contribution in [1.29, 1.82) is 0 Å². The third-order valence-electron chi connectivity index (χ3n) is 7.13. The minimum Gasteiger partial charge on any atom is -0.107 e. The van der Waals surface area contributed by atoms with Crippen LogP contribution in [0.25, 0.3) is 0 Å². The van der Waals surface area contributed by atoms with Crippen LogP contribution in [-0.2, 0) is 0 Å². The summed E-state index contributed by atoms with van der Waals surface area (Å²) >= 11 is 0. The molecule has 2 fully saturated rings. The first kappa shape index (κ1) is 29.3. The maximum Gasteiger partial charge on any atom is 0.0123 e. The molecular formula is C30H54. The average Bonchev–Trinajstić information content (AvgIpc) is 2.68. The van der Waals surface area contributed by atoms with E-state index < -0.39 is 0 Å². The minimum absolute atomic E-state index is 0.528. The Kier molecular flexibility index (Phi) is 15.6. The Morgan fingerprint density at radius 2 is 1.60 bits per heavy atom. The molecule has 0 nitrogen and oxygen atoms in total. The summed E-state index contributed by atoms with van der Waals surface area (Å²) in [6, 6.07) is 0. The van der Waals surface area contributed by atoms with Crippen LogP contribution >= 0.6 is 0 Å². The summed E-state index contributed by atoms with van der Waals surface area (Å²) in [7, 11) is 0. The summed E-state index contributed by atoms with van der Waals surface area (Å²) in [5.41, 5.74) is 0.528. The van der Waals surface area contributed by atoms with Crippen molar-refractivity contribution < 1.29 is 0 Å². The van der Waals surface area contributed by atoms with Gasteiger partial charge in [0.15, 0.2) is 0 Å². The summed E-state index contributed by atoms with van der Waals surface area (Å²) in [6.07, 6.45) is 16.1. The maximum absolute atomic E-state index is 4.11. The molecule has 0 spiro atoms. The Morgan fingerprint density at radius 1 is 1.03 bits per heavy atom. The van der Waals surface area contributed by atoms with Gasteiger partial charge in [0.05, 0.1) is 0 Å². The van der Waals surface area contributed by atoms with Crippen molar-refractivity contribution >= 4 is 0 Å². The maximum atomic E-state index is 4.11. The van der Waals surface area contributed by atoms with Crippen molar-refractivity contribution in [2.75, 3.05) is 0 Å². The molecule has 2 saturated carbocycles. The zero-order valence-corrected chi connectivity index (χ0v) is 21.9. The first-order chi connectivity index (χ1) is 14.1. The van der Waals surface area contributed by atoms with Gasteiger partial charge in [-0.2, -0.15) is 0 Å². The van der Waals surface area contributed by atoms with Crippen molar-refractivity contribution in [2.45, 2.75) is 113 Å². The van der Waals surface area contributed by atoms with E-state index in [2.05, 4.69) is 80.2 Å². The quantitative estimate of drug-likeness (QED) is 0.317. The van der Waals surface area contributed by atoms with Crippen LogP contribution in [0.5, 0.6) is 0 Å². The lowest BCUT2D eigenvalue weighted by Gasteiger charge is -2.37. The molecule has 0 aromatic carbocycles. The Morgan fingerprint density at radius 3 is 2.03 bits per heavy atom. The smallest absolute Gasteiger partial charge is 0.0123 e. The molecule has 0 aromatic rings. The molecule has 2 radical (unpaired) electrons. The van der Waals surface area contributed by atoms with Gasteiger partial charge in [-0.15, -0.1) is 18.4 Å². The van der Waals surface area contributed by atoms with E-state index in [1.165, 1.54) is 44.9 Å². The largest absolute Gasteiger partial charge is 0.107 e. The zero-order chi connectivity index (χ0) is 23.2. The molecule has 0 heterocycles. The second-order valence-corrected chi connectivity index (χ2v) is 11.1. The molecule has 0 amide bonds. The highest BCUT2D eigenvalue weighted by molar-refractivity contribution is 5.02. The molecule has 0 aromatic heterocycles. The van der Waals surface area contributed by atoms with Crippen molar-refractivity contribution in [1.82, 2.24) is 0 Å². The van der Waals surface area contributed by atoms with Crippen LogP contribution in [0.1, 0.15) is 113 Å². The summed E-state index contributed by atoms with van der Waals surface area (Å²) in [6.45, 7) is 25.8. The summed E-state index contributed by atoms with van der Waals surface area (Å²) in [5, 5.41) is 0. The van der Waals surface area contributed by atoms with Crippen molar-refractivity contribution in [2.24, 2.45) is 40.9 Å². The number of hydrogen-bond acceptors (Lipinski definition) is 0. The van der Waals surface area contributed by atoms with E-state index in [4.69, 9.17) is 0 Å². The highest BCUT2D eigenvalue weighted by atomic mass is 14.4. The molecule has 0 bridgehead atoms. The van der Waals surface area contributed by atoms with Crippen molar-refractivity contribution in [3.8, 4) is 11.8 Å². The molecule has 0 N–H and O–H groups in total. The first-order valence-electron chi connectivity index (χ1n) is 12.7. The monoisotopic (exact) mass is 414 g/mol. The van der Waals surface area contributed by atoms with E-state index in [0.29, 0.717) is 5.41 Å². The average molecular weight is 415 g/mol. The fourth-order valence-corrected chi connectivity index (χ4v) is 4.89. The van der Waals surface area contributed by atoms with E-state index in [-0.39, 0.29) is 0 Å². The normalized spacial score (nSPS) is 28.8. The number of allylic oxidation sites excluding steroid dienone is 1. The lowest BCUT2D eigenvalue weighted by atomic mass is 9.68. The van der Waals surface area contributed by atoms with Crippen molar-refractivity contribution in [3.63, 3.8) is 0 Å². The molecule has 0 saturated heterocycles. The highest BCUT2D eigenvalue weighted by Gasteiger charge is 2.30. The molecule has 0 aliphatic heterocycles. The highest BCUT2D eigenvalue weighted by Crippen LogP contribution is 2.40. The van der Waals surface area contributed by atoms with Crippen LogP contribution in [0.15, 0.2) is 12.7 Å². The van der Waals surface area contributed by atoms with Gasteiger partial charge < -0.3 is 0 Å². The molecule has 30 heavy (non-hydrogen) atoms. The Labute approximate surface area is 192 Å². The van der Waals surface area contributed by atoms with Gasteiger partial charge in [0.2, 0.25) is 0 Å². The van der Waals surface area contributed by atoms with E-state index in [9.17, 15) is 0 Å². The molecule has 3 unspecified atom stereocenters. The van der Waals surface area contributed by atoms with E-state index in [1.807, 2.05) is 13.0 Å². The fraction of sp³-hybridized carbons (Fsp3) is 0.800. The van der Waals surface area contributed by atoms with Gasteiger partial charge in [0, 0.05) is 6.42 Å². The molecule has 174 valence electrons. The van der Waals surface area contributed by atoms with Crippen LogP contribution < -0.4 is 0 Å². The van der Waals surface area contributed by atoms with Crippen LogP contribution in [0, 0.1) is 66.1 Å². The third-order valence-corrected chi connectivity index (χ3v) is 7.13. The molecule has 2 rings (SSSR count). The van der Waals surface area contributed by atoms with Gasteiger partial charge in [-0.05, 0) is 86.4 Å². The number of rotatable bonds is 4. The lowest BCUT2D eigenvalue weighted by Crippen LogP contribution is -2.27. The van der Waals surface area contributed by atoms with Crippen LogP contribution in [0.4, 0.5) is 0 Å². The number of hydrogen-bond donors (Lipinski definition) is 0. The van der Waals surface area contributed by atoms with E-state index >= 15 is 0 Å². The topological polar surface area (TPSA) is 0 Å². The molecule has 2 aliphatic rings. The summed E-state index contributed by atoms with van der Waals surface area (Å²) in [5.74, 6) is 11.3. The molecular weight excluding hydrogens is 360 g/mol. The predicted molar refractivity (Wildman–Crippen MR) is 138 cm³/mol.